The Balaban J connectivity index is 0.00000338. The molecule has 0 aliphatic heterocycles. The van der Waals surface area contributed by atoms with Gasteiger partial charge in [0.25, 0.3) is 0 Å². The standard InChI is InChI=1S/C16H21FN4O2S2.HI/c1-11-15(24-10-21-11)8-20-16(18-2)19-7-13-6-14(17)5-4-12(13)9-25(3,22)23;/h4-6,10H,7-9H2,1-3H3,(H2,18,19,20);1H. The second kappa shape index (κ2) is 10.2. The van der Waals surface area contributed by atoms with Crippen molar-refractivity contribution in [2.24, 2.45) is 4.99 Å². The lowest BCUT2D eigenvalue weighted by Gasteiger charge is -2.14. The Morgan fingerprint density at radius 2 is 1.96 bits per heavy atom. The molecule has 2 rings (SSSR count). The summed E-state index contributed by atoms with van der Waals surface area (Å²) in [5.41, 5.74) is 3.91. The Morgan fingerprint density at radius 1 is 1.27 bits per heavy atom. The lowest BCUT2D eigenvalue weighted by molar-refractivity contribution is 0.599. The van der Waals surface area contributed by atoms with Crippen LogP contribution < -0.4 is 10.6 Å². The number of benzene rings is 1. The molecule has 144 valence electrons. The largest absolute Gasteiger partial charge is 0.352 e. The number of aryl methyl sites for hydroxylation is 1. The molecule has 2 N–H and O–H groups in total. The molecule has 0 fully saturated rings. The number of thiazole rings is 1. The predicted octanol–water partition coefficient (Wildman–Crippen LogP) is 2.62. The van der Waals surface area contributed by atoms with Gasteiger partial charge in [0.2, 0.25) is 0 Å². The number of hydrogen-bond donors (Lipinski definition) is 2. The molecule has 0 saturated carbocycles. The van der Waals surface area contributed by atoms with Gasteiger partial charge in [-0.1, -0.05) is 6.07 Å². The fraction of sp³-hybridized carbons (Fsp3) is 0.375. The fourth-order valence-electron chi connectivity index (χ4n) is 2.24. The zero-order chi connectivity index (χ0) is 18.4. The van der Waals surface area contributed by atoms with Gasteiger partial charge in [0, 0.05) is 24.7 Å². The van der Waals surface area contributed by atoms with Crippen molar-refractivity contribution >= 4 is 51.1 Å². The van der Waals surface area contributed by atoms with Crippen LogP contribution in [0.3, 0.4) is 0 Å². The molecule has 0 bridgehead atoms. The van der Waals surface area contributed by atoms with Crippen LogP contribution in [-0.4, -0.2) is 32.7 Å². The summed E-state index contributed by atoms with van der Waals surface area (Å²) in [5, 5.41) is 6.25. The number of aliphatic imine (C=N–C) groups is 1. The molecule has 0 unspecified atom stereocenters. The van der Waals surface area contributed by atoms with Gasteiger partial charge in [-0.15, -0.1) is 35.3 Å². The van der Waals surface area contributed by atoms with E-state index in [9.17, 15) is 12.8 Å². The molecule has 0 radical (unpaired) electrons. The third-order valence-electron chi connectivity index (χ3n) is 3.52. The summed E-state index contributed by atoms with van der Waals surface area (Å²) in [5.74, 6) is 0.00998. The van der Waals surface area contributed by atoms with Gasteiger partial charge < -0.3 is 10.6 Å². The third-order valence-corrected chi connectivity index (χ3v) is 5.29. The van der Waals surface area contributed by atoms with E-state index >= 15 is 0 Å². The molecule has 0 aliphatic carbocycles. The van der Waals surface area contributed by atoms with E-state index in [1.807, 2.05) is 6.92 Å². The van der Waals surface area contributed by atoms with Crippen LogP contribution in [-0.2, 0) is 28.7 Å². The maximum atomic E-state index is 13.5. The highest BCUT2D eigenvalue weighted by molar-refractivity contribution is 14.0. The number of nitrogens with one attached hydrogen (secondary N) is 2. The maximum Gasteiger partial charge on any atom is 0.191 e. The van der Waals surface area contributed by atoms with E-state index in [0.29, 0.717) is 23.6 Å². The molecule has 0 saturated heterocycles. The Labute approximate surface area is 174 Å². The van der Waals surface area contributed by atoms with Crippen molar-refractivity contribution < 1.29 is 12.8 Å². The highest BCUT2D eigenvalue weighted by atomic mass is 127. The van der Waals surface area contributed by atoms with E-state index in [1.54, 1.807) is 23.9 Å². The van der Waals surface area contributed by atoms with Crippen molar-refractivity contribution in [1.29, 1.82) is 0 Å². The lowest BCUT2D eigenvalue weighted by atomic mass is 10.1. The summed E-state index contributed by atoms with van der Waals surface area (Å²) in [4.78, 5) is 9.42. The first-order chi connectivity index (χ1) is 11.8. The van der Waals surface area contributed by atoms with Crippen molar-refractivity contribution in [3.05, 3.63) is 51.2 Å². The summed E-state index contributed by atoms with van der Waals surface area (Å²) < 4.78 is 36.6. The molecule has 1 aromatic heterocycles. The van der Waals surface area contributed by atoms with E-state index < -0.39 is 15.7 Å². The van der Waals surface area contributed by atoms with E-state index in [2.05, 4.69) is 20.6 Å². The molecule has 0 atom stereocenters. The summed E-state index contributed by atoms with van der Waals surface area (Å²) in [6.07, 6.45) is 1.16. The van der Waals surface area contributed by atoms with Gasteiger partial charge >= 0.3 is 0 Å². The van der Waals surface area contributed by atoms with Crippen LogP contribution in [0.4, 0.5) is 4.39 Å². The molecule has 1 aromatic carbocycles. The highest BCUT2D eigenvalue weighted by Crippen LogP contribution is 2.15. The second-order valence-corrected chi connectivity index (χ2v) is 8.70. The number of hydrogen-bond acceptors (Lipinski definition) is 5. The van der Waals surface area contributed by atoms with Crippen LogP contribution in [0.1, 0.15) is 21.7 Å². The minimum absolute atomic E-state index is 0. The normalized spacial score (nSPS) is 11.8. The van der Waals surface area contributed by atoms with Gasteiger partial charge in [-0.05, 0) is 30.2 Å². The Bertz CT molecular complexity index is 869. The molecule has 26 heavy (non-hydrogen) atoms. The van der Waals surface area contributed by atoms with Crippen LogP contribution in [0.5, 0.6) is 0 Å². The summed E-state index contributed by atoms with van der Waals surface area (Å²) >= 11 is 1.55. The van der Waals surface area contributed by atoms with E-state index in [0.717, 1.165) is 16.8 Å². The number of aromatic nitrogens is 1. The molecule has 0 aliphatic rings. The van der Waals surface area contributed by atoms with Gasteiger partial charge in [-0.25, -0.2) is 17.8 Å². The van der Waals surface area contributed by atoms with Gasteiger partial charge in [0.1, 0.15) is 5.82 Å². The molecule has 10 heteroatoms. The van der Waals surface area contributed by atoms with Crippen LogP contribution in [0.15, 0.2) is 28.7 Å². The van der Waals surface area contributed by atoms with Gasteiger partial charge in [0.05, 0.1) is 23.5 Å². The molecular formula is C16H22FIN4O2S2. The van der Waals surface area contributed by atoms with Crippen molar-refractivity contribution in [3.63, 3.8) is 0 Å². The Morgan fingerprint density at radius 3 is 2.54 bits per heavy atom. The topological polar surface area (TPSA) is 83.5 Å². The number of halogens is 2. The van der Waals surface area contributed by atoms with Gasteiger partial charge in [0.15, 0.2) is 15.8 Å². The first-order valence-electron chi connectivity index (χ1n) is 7.57. The van der Waals surface area contributed by atoms with Crippen molar-refractivity contribution in [2.75, 3.05) is 13.3 Å². The molecule has 0 amide bonds. The minimum atomic E-state index is -3.20. The molecule has 2 aromatic rings. The average Bonchev–Trinajstić information content (AvgIpc) is 2.94. The third kappa shape index (κ3) is 7.16. The highest BCUT2D eigenvalue weighted by Gasteiger charge is 2.11. The lowest BCUT2D eigenvalue weighted by Crippen LogP contribution is -2.36. The van der Waals surface area contributed by atoms with Crippen molar-refractivity contribution in [3.8, 4) is 0 Å². The molecule has 1 heterocycles. The average molecular weight is 512 g/mol. The number of guanidine groups is 1. The fourth-order valence-corrected chi connectivity index (χ4v) is 3.81. The minimum Gasteiger partial charge on any atom is -0.352 e. The first-order valence-corrected chi connectivity index (χ1v) is 10.5. The SMILES string of the molecule is CN=C(NCc1cc(F)ccc1CS(C)(=O)=O)NCc1scnc1C.I. The molecule has 6 nitrogen and oxygen atoms in total. The van der Waals surface area contributed by atoms with Crippen LogP contribution in [0.25, 0.3) is 0 Å². The summed E-state index contributed by atoms with van der Waals surface area (Å²) in [7, 11) is -1.57. The Hall–Kier alpha value is -1.27. The van der Waals surface area contributed by atoms with E-state index in [1.165, 1.54) is 18.2 Å². The van der Waals surface area contributed by atoms with Gasteiger partial charge in [-0.3, -0.25) is 4.99 Å². The summed E-state index contributed by atoms with van der Waals surface area (Å²) in [6, 6.07) is 4.11. The zero-order valence-electron chi connectivity index (χ0n) is 14.7. The van der Waals surface area contributed by atoms with Crippen LogP contribution in [0.2, 0.25) is 0 Å². The molecular weight excluding hydrogens is 490 g/mol. The predicted molar refractivity (Wildman–Crippen MR) is 114 cm³/mol. The monoisotopic (exact) mass is 512 g/mol. The maximum absolute atomic E-state index is 13.5. The smallest absolute Gasteiger partial charge is 0.191 e. The summed E-state index contributed by atoms with van der Waals surface area (Å²) in [6.45, 7) is 2.79. The van der Waals surface area contributed by atoms with Crippen LogP contribution in [0, 0.1) is 12.7 Å². The quantitative estimate of drug-likeness (QED) is 0.353. The zero-order valence-corrected chi connectivity index (χ0v) is 18.7. The van der Waals surface area contributed by atoms with E-state index in [4.69, 9.17) is 0 Å². The van der Waals surface area contributed by atoms with Crippen LogP contribution >= 0.6 is 35.3 Å². The van der Waals surface area contributed by atoms with Gasteiger partial charge in [-0.2, -0.15) is 0 Å². The van der Waals surface area contributed by atoms with E-state index in [-0.39, 0.29) is 36.3 Å². The Kier molecular flexibility index (Phi) is 8.90. The van der Waals surface area contributed by atoms with Crippen molar-refractivity contribution in [2.45, 2.75) is 25.8 Å². The van der Waals surface area contributed by atoms with Crippen molar-refractivity contribution in [1.82, 2.24) is 15.6 Å². The number of sulfone groups is 1. The first kappa shape index (κ1) is 22.8. The second-order valence-electron chi connectivity index (χ2n) is 5.62. The number of nitrogens with zero attached hydrogens (tertiary/aromatic N) is 2. The molecule has 0 spiro atoms. The number of rotatable bonds is 6.